The van der Waals surface area contributed by atoms with Crippen LogP contribution in [0.5, 0.6) is 0 Å². The van der Waals surface area contributed by atoms with E-state index in [1.807, 2.05) is 39.8 Å². The van der Waals surface area contributed by atoms with Gasteiger partial charge in [0, 0.05) is 0 Å². The SMILES string of the molecule is CC.Cc1cc(C)c(Cl)c(Cl)c1. The molecule has 0 nitrogen and oxygen atoms in total. The number of hydrogen-bond donors (Lipinski definition) is 0. The van der Waals surface area contributed by atoms with Gasteiger partial charge in [-0.3, -0.25) is 0 Å². The van der Waals surface area contributed by atoms with Gasteiger partial charge in [-0.2, -0.15) is 0 Å². The second kappa shape index (κ2) is 5.45. The van der Waals surface area contributed by atoms with Crippen molar-refractivity contribution in [3.05, 3.63) is 33.3 Å². The number of hydrogen-bond acceptors (Lipinski definition) is 0. The topological polar surface area (TPSA) is 0 Å². The van der Waals surface area contributed by atoms with Gasteiger partial charge in [-0.1, -0.05) is 43.1 Å². The highest BCUT2D eigenvalue weighted by Gasteiger charge is 2.00. The third-order valence-corrected chi connectivity index (χ3v) is 2.25. The summed E-state index contributed by atoms with van der Waals surface area (Å²) < 4.78 is 0. The zero-order valence-corrected chi connectivity index (χ0v) is 9.42. The van der Waals surface area contributed by atoms with E-state index in [1.165, 1.54) is 0 Å². The molecule has 0 unspecified atom stereocenters. The van der Waals surface area contributed by atoms with Crippen LogP contribution >= 0.6 is 23.2 Å². The van der Waals surface area contributed by atoms with Crippen LogP contribution in [0.2, 0.25) is 10.0 Å². The van der Waals surface area contributed by atoms with Gasteiger partial charge >= 0.3 is 0 Å². The molecule has 0 spiro atoms. The van der Waals surface area contributed by atoms with Crippen molar-refractivity contribution >= 4 is 23.2 Å². The van der Waals surface area contributed by atoms with Gasteiger partial charge in [-0.15, -0.1) is 0 Å². The minimum atomic E-state index is 0.638. The maximum Gasteiger partial charge on any atom is 0.0621 e. The molecule has 0 radical (unpaired) electrons. The molecule has 0 aliphatic rings. The lowest BCUT2D eigenvalue weighted by molar-refractivity contribution is 1.39. The predicted molar refractivity (Wildman–Crippen MR) is 57.3 cm³/mol. The lowest BCUT2D eigenvalue weighted by atomic mass is 10.2. The van der Waals surface area contributed by atoms with Gasteiger partial charge in [0.1, 0.15) is 0 Å². The van der Waals surface area contributed by atoms with Crippen LogP contribution < -0.4 is 0 Å². The summed E-state index contributed by atoms with van der Waals surface area (Å²) in [5.74, 6) is 0. The quantitative estimate of drug-likeness (QED) is 0.578. The standard InChI is InChI=1S/C8H8Cl2.C2H6/c1-5-3-6(2)8(10)7(9)4-5;1-2/h3-4H,1-2H3;1-2H3. The lowest BCUT2D eigenvalue weighted by Crippen LogP contribution is -1.79. The Morgan fingerprint density at radius 1 is 1.00 bits per heavy atom. The Morgan fingerprint density at radius 2 is 1.50 bits per heavy atom. The van der Waals surface area contributed by atoms with Gasteiger partial charge in [0.15, 0.2) is 0 Å². The highest BCUT2D eigenvalue weighted by molar-refractivity contribution is 6.42. The molecule has 0 aliphatic carbocycles. The first-order valence-corrected chi connectivity index (χ1v) is 4.79. The van der Waals surface area contributed by atoms with Crippen molar-refractivity contribution < 1.29 is 0 Å². The monoisotopic (exact) mass is 204 g/mol. The Labute approximate surface area is 84.5 Å². The number of rotatable bonds is 0. The van der Waals surface area contributed by atoms with Crippen LogP contribution in [0, 0.1) is 13.8 Å². The van der Waals surface area contributed by atoms with E-state index in [0.717, 1.165) is 11.1 Å². The largest absolute Gasteiger partial charge is 0.0827 e. The summed E-state index contributed by atoms with van der Waals surface area (Å²) in [6.07, 6.45) is 0. The zero-order chi connectivity index (χ0) is 9.72. The summed E-state index contributed by atoms with van der Waals surface area (Å²) in [5, 5.41) is 1.30. The Hall–Kier alpha value is -0.200. The fourth-order valence-electron chi connectivity index (χ4n) is 0.898. The van der Waals surface area contributed by atoms with Crippen molar-refractivity contribution in [2.45, 2.75) is 27.7 Å². The molecule has 68 valence electrons. The second-order valence-corrected chi connectivity index (χ2v) is 3.16. The zero-order valence-electron chi connectivity index (χ0n) is 7.91. The number of benzene rings is 1. The average Bonchev–Trinajstić information content (AvgIpc) is 2.04. The fraction of sp³-hybridized carbons (Fsp3) is 0.400. The molecule has 1 rings (SSSR count). The minimum Gasteiger partial charge on any atom is -0.0827 e. The Kier molecular flexibility index (Phi) is 5.36. The first-order chi connectivity index (χ1) is 5.61. The van der Waals surface area contributed by atoms with Crippen LogP contribution in [-0.4, -0.2) is 0 Å². The summed E-state index contributed by atoms with van der Waals surface area (Å²) in [6.45, 7) is 7.94. The number of halogens is 2. The van der Waals surface area contributed by atoms with E-state index < -0.39 is 0 Å². The van der Waals surface area contributed by atoms with Gasteiger partial charge in [-0.25, -0.2) is 0 Å². The second-order valence-electron chi connectivity index (χ2n) is 2.38. The molecule has 0 bridgehead atoms. The summed E-state index contributed by atoms with van der Waals surface area (Å²) in [7, 11) is 0. The third-order valence-electron chi connectivity index (χ3n) is 1.35. The Bertz CT molecular complexity index is 231. The van der Waals surface area contributed by atoms with Crippen LogP contribution in [0.3, 0.4) is 0 Å². The van der Waals surface area contributed by atoms with Gasteiger partial charge < -0.3 is 0 Å². The van der Waals surface area contributed by atoms with Crippen molar-refractivity contribution in [2.75, 3.05) is 0 Å². The van der Waals surface area contributed by atoms with Gasteiger partial charge in [0.25, 0.3) is 0 Å². The van der Waals surface area contributed by atoms with Crippen LogP contribution in [0.1, 0.15) is 25.0 Å². The predicted octanol–water partition coefficient (Wildman–Crippen LogP) is 4.64. The van der Waals surface area contributed by atoms with E-state index in [2.05, 4.69) is 0 Å². The highest BCUT2D eigenvalue weighted by Crippen LogP contribution is 2.26. The van der Waals surface area contributed by atoms with E-state index in [-0.39, 0.29) is 0 Å². The lowest BCUT2D eigenvalue weighted by Gasteiger charge is -2.00. The van der Waals surface area contributed by atoms with Crippen LogP contribution in [0.25, 0.3) is 0 Å². The smallest absolute Gasteiger partial charge is 0.0621 e. The molecule has 0 heterocycles. The van der Waals surface area contributed by atoms with Gasteiger partial charge in [-0.05, 0) is 31.0 Å². The van der Waals surface area contributed by atoms with Gasteiger partial charge in [0.05, 0.1) is 10.0 Å². The molecule has 12 heavy (non-hydrogen) atoms. The van der Waals surface area contributed by atoms with Crippen LogP contribution in [-0.2, 0) is 0 Å². The average molecular weight is 205 g/mol. The molecule has 0 aromatic heterocycles. The molecular weight excluding hydrogens is 191 g/mol. The third kappa shape index (κ3) is 3.04. The molecule has 0 aliphatic heterocycles. The summed E-state index contributed by atoms with van der Waals surface area (Å²) in [6, 6.07) is 3.87. The van der Waals surface area contributed by atoms with Crippen LogP contribution in [0.15, 0.2) is 12.1 Å². The maximum absolute atomic E-state index is 5.82. The van der Waals surface area contributed by atoms with E-state index in [4.69, 9.17) is 23.2 Å². The van der Waals surface area contributed by atoms with Crippen molar-refractivity contribution in [1.29, 1.82) is 0 Å². The van der Waals surface area contributed by atoms with Gasteiger partial charge in [0.2, 0.25) is 0 Å². The molecular formula is C10H14Cl2. The molecule has 1 aromatic rings. The molecule has 0 saturated heterocycles. The molecule has 0 N–H and O–H groups in total. The molecule has 0 amide bonds. The summed E-state index contributed by atoms with van der Waals surface area (Å²) >= 11 is 11.6. The Balaban J connectivity index is 0.000000561. The molecule has 1 aromatic carbocycles. The molecule has 0 fully saturated rings. The van der Waals surface area contributed by atoms with E-state index in [0.29, 0.717) is 10.0 Å². The number of aryl methyl sites for hydroxylation is 2. The first-order valence-electron chi connectivity index (χ1n) is 4.03. The summed E-state index contributed by atoms with van der Waals surface area (Å²) in [4.78, 5) is 0. The normalized spacial score (nSPS) is 8.83. The fourth-order valence-corrected chi connectivity index (χ4v) is 1.33. The summed E-state index contributed by atoms with van der Waals surface area (Å²) in [5.41, 5.74) is 2.18. The van der Waals surface area contributed by atoms with Crippen molar-refractivity contribution in [3.8, 4) is 0 Å². The maximum atomic E-state index is 5.82. The van der Waals surface area contributed by atoms with E-state index >= 15 is 0 Å². The highest BCUT2D eigenvalue weighted by atomic mass is 35.5. The molecule has 0 saturated carbocycles. The van der Waals surface area contributed by atoms with E-state index in [1.54, 1.807) is 0 Å². The van der Waals surface area contributed by atoms with Crippen molar-refractivity contribution in [1.82, 2.24) is 0 Å². The van der Waals surface area contributed by atoms with Crippen LogP contribution in [0.4, 0.5) is 0 Å². The van der Waals surface area contributed by atoms with E-state index in [9.17, 15) is 0 Å². The molecule has 2 heteroatoms. The van der Waals surface area contributed by atoms with Crippen molar-refractivity contribution in [3.63, 3.8) is 0 Å². The Morgan fingerprint density at radius 3 is 1.92 bits per heavy atom. The van der Waals surface area contributed by atoms with Crippen molar-refractivity contribution in [2.24, 2.45) is 0 Å². The minimum absolute atomic E-state index is 0.638. The first kappa shape index (κ1) is 11.8. The molecule has 0 atom stereocenters.